The van der Waals surface area contributed by atoms with E-state index >= 15 is 0 Å². The highest BCUT2D eigenvalue weighted by Crippen LogP contribution is 2.16. The van der Waals surface area contributed by atoms with Crippen molar-refractivity contribution < 1.29 is 0 Å². The van der Waals surface area contributed by atoms with Crippen LogP contribution in [-0.4, -0.2) is 16.6 Å². The molecule has 1 heterocycles. The van der Waals surface area contributed by atoms with Crippen LogP contribution in [0.15, 0.2) is 21.9 Å². The van der Waals surface area contributed by atoms with Crippen molar-refractivity contribution in [2.45, 2.75) is 58.0 Å². The van der Waals surface area contributed by atoms with Crippen molar-refractivity contribution in [1.82, 2.24) is 9.88 Å². The van der Waals surface area contributed by atoms with E-state index in [1.165, 1.54) is 25.7 Å². The Morgan fingerprint density at radius 2 is 2.00 bits per heavy atom. The van der Waals surface area contributed by atoms with Gasteiger partial charge in [-0.25, -0.2) is 4.99 Å². The van der Waals surface area contributed by atoms with E-state index in [1.807, 2.05) is 19.1 Å². The molecule has 0 atom stereocenters. The summed E-state index contributed by atoms with van der Waals surface area (Å²) in [7, 11) is 1.78. The Kier molecular flexibility index (Phi) is 5.42. The Morgan fingerprint density at radius 1 is 1.33 bits per heavy atom. The number of hydrogen-bond donors (Lipinski definition) is 2. The molecule has 5 nitrogen and oxygen atoms in total. The number of nitrogens with zero attached hydrogens (tertiary/aromatic N) is 2. The van der Waals surface area contributed by atoms with Gasteiger partial charge in [0.25, 0.3) is 5.56 Å². The first kappa shape index (κ1) is 15.6. The third-order valence-electron chi connectivity index (χ3n) is 4.26. The molecular weight excluding hydrogens is 264 g/mol. The topological polar surface area (TPSA) is 72.4 Å². The van der Waals surface area contributed by atoms with E-state index in [2.05, 4.69) is 10.3 Å². The van der Waals surface area contributed by atoms with Crippen LogP contribution in [0.25, 0.3) is 0 Å². The van der Waals surface area contributed by atoms with Gasteiger partial charge in [-0.15, -0.1) is 0 Å². The van der Waals surface area contributed by atoms with Gasteiger partial charge in [-0.1, -0.05) is 25.7 Å². The van der Waals surface area contributed by atoms with Gasteiger partial charge in [0.2, 0.25) is 0 Å². The molecule has 0 radical (unpaired) electrons. The molecule has 0 bridgehead atoms. The zero-order valence-electron chi connectivity index (χ0n) is 13.1. The summed E-state index contributed by atoms with van der Waals surface area (Å²) in [4.78, 5) is 16.4. The lowest BCUT2D eigenvalue weighted by Crippen LogP contribution is -2.40. The third kappa shape index (κ3) is 4.34. The van der Waals surface area contributed by atoms with Gasteiger partial charge in [-0.2, -0.15) is 0 Å². The Bertz CT molecular complexity index is 554. The average Bonchev–Trinajstić information content (AvgIpc) is 2.73. The fourth-order valence-electron chi connectivity index (χ4n) is 2.75. The number of pyridine rings is 1. The van der Waals surface area contributed by atoms with Crippen molar-refractivity contribution in [1.29, 1.82) is 0 Å². The van der Waals surface area contributed by atoms with Crippen LogP contribution in [0.2, 0.25) is 0 Å². The third-order valence-corrected chi connectivity index (χ3v) is 4.26. The van der Waals surface area contributed by atoms with E-state index in [9.17, 15) is 4.79 Å². The van der Waals surface area contributed by atoms with Crippen LogP contribution in [0.5, 0.6) is 0 Å². The zero-order chi connectivity index (χ0) is 15.2. The number of hydrogen-bond acceptors (Lipinski definition) is 2. The zero-order valence-corrected chi connectivity index (χ0v) is 13.1. The Labute approximate surface area is 126 Å². The first-order chi connectivity index (χ1) is 10.1. The summed E-state index contributed by atoms with van der Waals surface area (Å²) in [6, 6.07) is 4.19. The van der Waals surface area contributed by atoms with Crippen molar-refractivity contribution in [2.75, 3.05) is 0 Å². The first-order valence-electron chi connectivity index (χ1n) is 7.80. The van der Waals surface area contributed by atoms with E-state index in [0.29, 0.717) is 24.1 Å². The number of nitrogens with two attached hydrogens (primary N) is 1. The minimum atomic E-state index is 0.000941. The molecule has 1 aliphatic rings. The van der Waals surface area contributed by atoms with Crippen molar-refractivity contribution in [3.8, 4) is 0 Å². The second-order valence-corrected chi connectivity index (χ2v) is 5.90. The van der Waals surface area contributed by atoms with Gasteiger partial charge in [0, 0.05) is 24.3 Å². The van der Waals surface area contributed by atoms with Gasteiger partial charge in [-0.05, 0) is 31.9 Å². The standard InChI is InChI=1S/C16H26N4O/c1-12-9-10-13(15(21)20(12)2)11-18-16(17)19-14-7-5-3-4-6-8-14/h9-10,14H,3-8,11H2,1-2H3,(H3,17,18,19). The minimum absolute atomic E-state index is 0.000941. The maximum Gasteiger partial charge on any atom is 0.255 e. The lowest BCUT2D eigenvalue weighted by molar-refractivity contribution is 0.530. The van der Waals surface area contributed by atoms with E-state index in [4.69, 9.17) is 5.73 Å². The van der Waals surface area contributed by atoms with Crippen molar-refractivity contribution in [3.05, 3.63) is 33.7 Å². The lowest BCUT2D eigenvalue weighted by atomic mass is 10.1. The minimum Gasteiger partial charge on any atom is -0.370 e. The molecular formula is C16H26N4O. The average molecular weight is 290 g/mol. The predicted octanol–water partition coefficient (Wildman–Crippen LogP) is 1.82. The SMILES string of the molecule is Cc1ccc(CN=C(N)NC2CCCCCC2)c(=O)n1C. The Hall–Kier alpha value is -1.78. The maximum absolute atomic E-state index is 12.1. The summed E-state index contributed by atoms with van der Waals surface area (Å²) in [6.45, 7) is 2.24. The van der Waals surface area contributed by atoms with Crippen LogP contribution in [0.3, 0.4) is 0 Å². The molecule has 0 amide bonds. The molecule has 1 aliphatic carbocycles. The van der Waals surface area contributed by atoms with Gasteiger partial charge in [-0.3, -0.25) is 4.79 Å². The number of guanidine groups is 1. The predicted molar refractivity (Wildman–Crippen MR) is 86.4 cm³/mol. The highest BCUT2D eigenvalue weighted by molar-refractivity contribution is 5.78. The molecule has 2 rings (SSSR count). The summed E-state index contributed by atoms with van der Waals surface area (Å²) in [5.74, 6) is 0.449. The number of aryl methyl sites for hydroxylation is 1. The highest BCUT2D eigenvalue weighted by Gasteiger charge is 2.12. The van der Waals surface area contributed by atoms with Crippen LogP contribution in [0.1, 0.15) is 49.8 Å². The highest BCUT2D eigenvalue weighted by atomic mass is 16.1. The monoisotopic (exact) mass is 290 g/mol. The molecule has 1 fully saturated rings. The molecule has 5 heteroatoms. The van der Waals surface area contributed by atoms with Crippen LogP contribution < -0.4 is 16.6 Å². The molecule has 21 heavy (non-hydrogen) atoms. The fourth-order valence-corrected chi connectivity index (χ4v) is 2.75. The van der Waals surface area contributed by atoms with Crippen LogP contribution in [0, 0.1) is 6.92 Å². The Morgan fingerprint density at radius 3 is 2.67 bits per heavy atom. The van der Waals surface area contributed by atoms with Crippen LogP contribution in [-0.2, 0) is 13.6 Å². The van der Waals surface area contributed by atoms with E-state index < -0.39 is 0 Å². The summed E-state index contributed by atoms with van der Waals surface area (Å²) >= 11 is 0. The molecule has 1 aromatic heterocycles. The Balaban J connectivity index is 1.97. The molecule has 0 saturated heterocycles. The normalized spacial score (nSPS) is 17.5. The largest absolute Gasteiger partial charge is 0.370 e. The maximum atomic E-state index is 12.1. The van der Waals surface area contributed by atoms with Crippen molar-refractivity contribution in [2.24, 2.45) is 17.8 Å². The summed E-state index contributed by atoms with van der Waals surface area (Å²) in [5.41, 5.74) is 7.57. The summed E-state index contributed by atoms with van der Waals surface area (Å²) < 4.78 is 1.64. The van der Waals surface area contributed by atoms with E-state index in [-0.39, 0.29) is 5.56 Å². The second-order valence-electron chi connectivity index (χ2n) is 5.90. The molecule has 0 aromatic carbocycles. The lowest BCUT2D eigenvalue weighted by Gasteiger charge is -2.16. The number of aromatic nitrogens is 1. The fraction of sp³-hybridized carbons (Fsp3) is 0.625. The van der Waals surface area contributed by atoms with Gasteiger partial charge in [0.15, 0.2) is 5.96 Å². The summed E-state index contributed by atoms with van der Waals surface area (Å²) in [6.07, 6.45) is 7.45. The van der Waals surface area contributed by atoms with Crippen molar-refractivity contribution in [3.63, 3.8) is 0 Å². The molecule has 0 spiro atoms. The van der Waals surface area contributed by atoms with E-state index in [0.717, 1.165) is 18.5 Å². The van der Waals surface area contributed by atoms with Gasteiger partial charge in [0.1, 0.15) is 0 Å². The van der Waals surface area contributed by atoms with Crippen LogP contribution >= 0.6 is 0 Å². The van der Waals surface area contributed by atoms with Gasteiger partial charge in [0.05, 0.1) is 6.54 Å². The van der Waals surface area contributed by atoms with Crippen molar-refractivity contribution >= 4 is 5.96 Å². The number of aliphatic imine (C=N–C) groups is 1. The molecule has 116 valence electrons. The molecule has 1 aromatic rings. The number of rotatable bonds is 3. The molecule has 0 aliphatic heterocycles. The van der Waals surface area contributed by atoms with E-state index in [1.54, 1.807) is 11.6 Å². The molecule has 0 unspecified atom stereocenters. The number of nitrogens with one attached hydrogen (secondary N) is 1. The molecule has 1 saturated carbocycles. The first-order valence-corrected chi connectivity index (χ1v) is 7.80. The second kappa shape index (κ2) is 7.29. The smallest absolute Gasteiger partial charge is 0.255 e. The summed E-state index contributed by atoms with van der Waals surface area (Å²) in [5, 5.41) is 3.29. The van der Waals surface area contributed by atoms with Gasteiger partial charge < -0.3 is 15.6 Å². The van der Waals surface area contributed by atoms with Gasteiger partial charge >= 0.3 is 0 Å². The molecule has 3 N–H and O–H groups in total. The quantitative estimate of drug-likeness (QED) is 0.507. The van der Waals surface area contributed by atoms with Crippen LogP contribution in [0.4, 0.5) is 0 Å².